The van der Waals surface area contributed by atoms with Gasteiger partial charge in [0.2, 0.25) is 0 Å². The lowest BCUT2D eigenvalue weighted by Crippen LogP contribution is -2.15. The van der Waals surface area contributed by atoms with Crippen molar-refractivity contribution in [2.24, 2.45) is 5.73 Å². The standard InChI is InChI=1S/C10H12BrNO4/c1-16-9-3-6(11)5(2-8(9)13)7(12)4-10(14)15/h2-3,7,13H,4,12H2,1H3,(H,14,15). The van der Waals surface area contributed by atoms with Crippen molar-refractivity contribution in [2.45, 2.75) is 12.5 Å². The molecule has 88 valence electrons. The number of nitrogens with two attached hydrogens (primary N) is 1. The molecule has 1 unspecified atom stereocenters. The van der Waals surface area contributed by atoms with Crippen LogP contribution in [-0.2, 0) is 4.79 Å². The van der Waals surface area contributed by atoms with Gasteiger partial charge in [-0.15, -0.1) is 0 Å². The lowest BCUT2D eigenvalue weighted by molar-refractivity contribution is -0.137. The SMILES string of the molecule is COc1cc(Br)c(C(N)CC(=O)O)cc1O. The van der Waals surface area contributed by atoms with Gasteiger partial charge >= 0.3 is 5.97 Å². The first kappa shape index (κ1) is 12.8. The predicted octanol–water partition coefficient (Wildman–Crippen LogP) is 1.64. The summed E-state index contributed by atoms with van der Waals surface area (Å²) in [4.78, 5) is 10.5. The molecule has 0 saturated heterocycles. The second-order valence-electron chi connectivity index (χ2n) is 3.25. The molecular weight excluding hydrogens is 278 g/mol. The minimum atomic E-state index is -0.991. The molecular formula is C10H12BrNO4. The first-order valence-corrected chi connectivity index (χ1v) is 5.28. The maximum Gasteiger partial charge on any atom is 0.305 e. The van der Waals surface area contributed by atoms with Crippen molar-refractivity contribution in [3.8, 4) is 11.5 Å². The second kappa shape index (κ2) is 5.18. The third kappa shape index (κ3) is 2.86. The van der Waals surface area contributed by atoms with Gasteiger partial charge in [-0.1, -0.05) is 15.9 Å². The number of carbonyl (C=O) groups is 1. The molecule has 0 bridgehead atoms. The Kier molecular flexibility index (Phi) is 4.14. The van der Waals surface area contributed by atoms with E-state index in [0.717, 1.165) is 0 Å². The number of rotatable bonds is 4. The number of carboxylic acid groups (broad SMARTS) is 1. The fraction of sp³-hybridized carbons (Fsp3) is 0.300. The first-order chi connectivity index (χ1) is 7.45. The van der Waals surface area contributed by atoms with Gasteiger partial charge in [0.1, 0.15) is 0 Å². The molecule has 0 amide bonds. The molecule has 0 saturated carbocycles. The normalized spacial score (nSPS) is 12.2. The molecule has 0 aliphatic heterocycles. The fourth-order valence-corrected chi connectivity index (χ4v) is 1.92. The number of hydrogen-bond donors (Lipinski definition) is 3. The summed E-state index contributed by atoms with van der Waals surface area (Å²) in [6, 6.07) is 2.27. The number of aromatic hydroxyl groups is 1. The summed E-state index contributed by atoms with van der Waals surface area (Å²) < 4.78 is 5.51. The van der Waals surface area contributed by atoms with Gasteiger partial charge in [0.05, 0.1) is 13.5 Å². The highest BCUT2D eigenvalue weighted by Gasteiger charge is 2.16. The molecule has 16 heavy (non-hydrogen) atoms. The highest BCUT2D eigenvalue weighted by molar-refractivity contribution is 9.10. The van der Waals surface area contributed by atoms with Crippen molar-refractivity contribution in [2.75, 3.05) is 7.11 Å². The highest BCUT2D eigenvalue weighted by atomic mass is 79.9. The Morgan fingerprint density at radius 3 is 2.75 bits per heavy atom. The van der Waals surface area contributed by atoms with Crippen LogP contribution in [0.4, 0.5) is 0 Å². The average molecular weight is 290 g/mol. The zero-order valence-electron chi connectivity index (χ0n) is 8.61. The lowest BCUT2D eigenvalue weighted by Gasteiger charge is -2.13. The summed E-state index contributed by atoms with van der Waals surface area (Å²) in [7, 11) is 1.43. The van der Waals surface area contributed by atoms with Crippen LogP contribution in [0.15, 0.2) is 16.6 Å². The summed E-state index contributed by atoms with van der Waals surface area (Å²) in [5.41, 5.74) is 6.22. The summed E-state index contributed by atoms with van der Waals surface area (Å²) in [6.07, 6.45) is -0.204. The van der Waals surface area contributed by atoms with Gasteiger partial charge in [-0.3, -0.25) is 4.79 Å². The Labute approximate surface area is 101 Å². The maximum absolute atomic E-state index is 10.5. The van der Waals surface area contributed by atoms with Crippen LogP contribution in [0.1, 0.15) is 18.0 Å². The predicted molar refractivity (Wildman–Crippen MR) is 61.5 cm³/mol. The molecule has 1 aromatic carbocycles. The number of hydrogen-bond acceptors (Lipinski definition) is 4. The third-order valence-electron chi connectivity index (χ3n) is 2.09. The van der Waals surface area contributed by atoms with Gasteiger partial charge in [0.25, 0.3) is 0 Å². The largest absolute Gasteiger partial charge is 0.504 e. The van der Waals surface area contributed by atoms with Crippen LogP contribution in [0.2, 0.25) is 0 Å². The number of ether oxygens (including phenoxy) is 1. The molecule has 0 aliphatic rings. The first-order valence-electron chi connectivity index (χ1n) is 4.49. The Morgan fingerprint density at radius 1 is 1.62 bits per heavy atom. The molecule has 4 N–H and O–H groups in total. The van der Waals surface area contributed by atoms with E-state index in [1.807, 2.05) is 0 Å². The van der Waals surface area contributed by atoms with Gasteiger partial charge in [0, 0.05) is 10.5 Å². The molecule has 5 nitrogen and oxygen atoms in total. The van der Waals surface area contributed by atoms with E-state index in [1.165, 1.54) is 13.2 Å². The monoisotopic (exact) mass is 289 g/mol. The number of halogens is 1. The number of benzene rings is 1. The minimum Gasteiger partial charge on any atom is -0.504 e. The molecule has 0 fully saturated rings. The van der Waals surface area contributed by atoms with Gasteiger partial charge in [-0.2, -0.15) is 0 Å². The zero-order valence-corrected chi connectivity index (χ0v) is 10.2. The van der Waals surface area contributed by atoms with Crippen LogP contribution in [0, 0.1) is 0 Å². The average Bonchev–Trinajstić information content (AvgIpc) is 2.19. The van der Waals surface area contributed by atoms with E-state index in [0.29, 0.717) is 15.8 Å². The van der Waals surface area contributed by atoms with E-state index < -0.39 is 12.0 Å². The van der Waals surface area contributed by atoms with Gasteiger partial charge in [-0.05, 0) is 17.7 Å². The smallest absolute Gasteiger partial charge is 0.305 e. The van der Waals surface area contributed by atoms with Gasteiger partial charge in [0.15, 0.2) is 11.5 Å². The van der Waals surface area contributed by atoms with Crippen LogP contribution in [0.25, 0.3) is 0 Å². The van der Waals surface area contributed by atoms with Crippen LogP contribution in [0.3, 0.4) is 0 Å². The van der Waals surface area contributed by atoms with Crippen molar-refractivity contribution in [3.63, 3.8) is 0 Å². The Morgan fingerprint density at radius 2 is 2.25 bits per heavy atom. The van der Waals surface area contributed by atoms with Crippen LogP contribution in [-0.4, -0.2) is 23.3 Å². The zero-order chi connectivity index (χ0) is 12.3. The number of aliphatic carboxylic acids is 1. The second-order valence-corrected chi connectivity index (χ2v) is 4.10. The third-order valence-corrected chi connectivity index (χ3v) is 2.78. The van der Waals surface area contributed by atoms with Crippen LogP contribution in [0.5, 0.6) is 11.5 Å². The molecule has 1 atom stereocenters. The Bertz CT molecular complexity index is 408. The topological polar surface area (TPSA) is 92.8 Å². The summed E-state index contributed by atoms with van der Waals surface area (Å²) in [6.45, 7) is 0. The van der Waals surface area contributed by atoms with Crippen molar-refractivity contribution in [3.05, 3.63) is 22.2 Å². The van der Waals surface area contributed by atoms with E-state index in [4.69, 9.17) is 15.6 Å². The molecule has 0 radical (unpaired) electrons. The van der Waals surface area contributed by atoms with Gasteiger partial charge < -0.3 is 20.7 Å². The van der Waals surface area contributed by atoms with E-state index in [2.05, 4.69) is 15.9 Å². The number of phenolic OH excluding ortho intramolecular Hbond substituents is 1. The van der Waals surface area contributed by atoms with Crippen molar-refractivity contribution in [1.82, 2.24) is 0 Å². The van der Waals surface area contributed by atoms with Crippen LogP contribution < -0.4 is 10.5 Å². The lowest BCUT2D eigenvalue weighted by atomic mass is 10.0. The van der Waals surface area contributed by atoms with E-state index in [1.54, 1.807) is 6.07 Å². The summed E-state index contributed by atoms with van der Waals surface area (Å²) in [5, 5.41) is 18.2. The highest BCUT2D eigenvalue weighted by Crippen LogP contribution is 2.35. The van der Waals surface area contributed by atoms with Crippen molar-refractivity contribution < 1.29 is 19.7 Å². The van der Waals surface area contributed by atoms with Crippen molar-refractivity contribution in [1.29, 1.82) is 0 Å². The Balaban J connectivity index is 3.05. The Hall–Kier alpha value is -1.27. The molecule has 0 spiro atoms. The molecule has 6 heteroatoms. The van der Waals surface area contributed by atoms with E-state index in [-0.39, 0.29) is 12.2 Å². The molecule has 1 aromatic rings. The number of carboxylic acids is 1. The van der Waals surface area contributed by atoms with E-state index >= 15 is 0 Å². The number of phenols is 1. The molecule has 0 aliphatic carbocycles. The minimum absolute atomic E-state index is 0.0680. The molecule has 1 rings (SSSR count). The maximum atomic E-state index is 10.5. The number of methoxy groups -OCH3 is 1. The van der Waals surface area contributed by atoms with Gasteiger partial charge in [-0.25, -0.2) is 0 Å². The van der Waals surface area contributed by atoms with Crippen LogP contribution >= 0.6 is 15.9 Å². The molecule has 0 heterocycles. The molecule has 0 aromatic heterocycles. The summed E-state index contributed by atoms with van der Waals surface area (Å²) >= 11 is 3.25. The fourth-order valence-electron chi connectivity index (χ4n) is 1.31. The van der Waals surface area contributed by atoms with Crippen molar-refractivity contribution >= 4 is 21.9 Å². The summed E-state index contributed by atoms with van der Waals surface area (Å²) in [5.74, 6) is -0.755. The quantitative estimate of drug-likeness (QED) is 0.784. The van der Waals surface area contributed by atoms with E-state index in [9.17, 15) is 9.90 Å².